The summed E-state index contributed by atoms with van der Waals surface area (Å²) in [7, 11) is -0.631. The molecule has 1 atom stereocenters. The van der Waals surface area contributed by atoms with Gasteiger partial charge >= 0.3 is 0 Å². The SMILES string of the molecule is Nc1cccc2c1[C@]1(CC2)CCc2cccc(P(c3ccccc3)c3ccccc3)c21. The Hall–Kier alpha value is -2.89. The van der Waals surface area contributed by atoms with E-state index in [-0.39, 0.29) is 5.41 Å². The molecule has 4 aromatic rings. The van der Waals surface area contributed by atoms with Crippen molar-refractivity contribution in [2.75, 3.05) is 5.73 Å². The number of nitrogen functional groups attached to an aromatic ring is 1. The van der Waals surface area contributed by atoms with Gasteiger partial charge in [0.1, 0.15) is 0 Å². The number of rotatable bonds is 3. The lowest BCUT2D eigenvalue weighted by atomic mass is 9.76. The van der Waals surface area contributed by atoms with Crippen LogP contribution in [-0.2, 0) is 18.3 Å². The van der Waals surface area contributed by atoms with Crippen molar-refractivity contribution >= 4 is 29.5 Å². The van der Waals surface area contributed by atoms with Gasteiger partial charge in [0.15, 0.2) is 0 Å². The molecule has 2 N–H and O–H groups in total. The Bertz CT molecular complexity index is 1200. The molecule has 0 radical (unpaired) electrons. The van der Waals surface area contributed by atoms with Gasteiger partial charge in [-0.25, -0.2) is 0 Å². The van der Waals surface area contributed by atoms with Crippen molar-refractivity contribution in [1.29, 1.82) is 0 Å². The normalized spacial score (nSPS) is 19.0. The average molecular weight is 420 g/mol. The van der Waals surface area contributed by atoms with Gasteiger partial charge in [0, 0.05) is 11.1 Å². The van der Waals surface area contributed by atoms with Crippen LogP contribution in [0.2, 0.25) is 0 Å². The van der Waals surface area contributed by atoms with Crippen LogP contribution < -0.4 is 21.6 Å². The Morgan fingerprint density at radius 1 is 0.581 bits per heavy atom. The Morgan fingerprint density at radius 2 is 1.13 bits per heavy atom. The molecule has 0 heterocycles. The minimum atomic E-state index is -0.631. The predicted octanol–water partition coefficient (Wildman–Crippen LogP) is 5.21. The van der Waals surface area contributed by atoms with Crippen LogP contribution in [0.4, 0.5) is 5.69 Å². The summed E-state index contributed by atoms with van der Waals surface area (Å²) in [5, 5.41) is 4.34. The maximum absolute atomic E-state index is 6.64. The fraction of sp³-hybridized carbons (Fsp3) is 0.172. The summed E-state index contributed by atoms with van der Waals surface area (Å²) in [5.41, 5.74) is 13.6. The molecule has 2 aliphatic carbocycles. The summed E-state index contributed by atoms with van der Waals surface area (Å²) in [5.74, 6) is 0. The van der Waals surface area contributed by atoms with Gasteiger partial charge in [0.25, 0.3) is 0 Å². The number of nitrogens with two attached hydrogens (primary N) is 1. The highest BCUT2D eigenvalue weighted by molar-refractivity contribution is 7.79. The molecule has 152 valence electrons. The monoisotopic (exact) mass is 419 g/mol. The Balaban J connectivity index is 1.62. The molecule has 31 heavy (non-hydrogen) atoms. The minimum Gasteiger partial charge on any atom is -0.398 e. The van der Waals surface area contributed by atoms with Gasteiger partial charge in [-0.1, -0.05) is 91.0 Å². The number of aryl methyl sites for hydroxylation is 2. The van der Waals surface area contributed by atoms with Crippen LogP contribution >= 0.6 is 7.92 Å². The summed E-state index contributed by atoms with van der Waals surface area (Å²) >= 11 is 0. The van der Waals surface area contributed by atoms with E-state index in [2.05, 4.69) is 97.1 Å². The van der Waals surface area contributed by atoms with Crippen LogP contribution in [0, 0.1) is 0 Å². The number of fused-ring (bicyclic) bond motifs is 4. The highest BCUT2D eigenvalue weighted by Crippen LogP contribution is 2.55. The molecule has 2 heteroatoms. The highest BCUT2D eigenvalue weighted by atomic mass is 31.1. The Labute approximate surface area is 185 Å². The number of benzene rings is 4. The first kappa shape index (κ1) is 18.8. The second-order valence-corrected chi connectivity index (χ2v) is 11.0. The second-order valence-electron chi connectivity index (χ2n) is 8.78. The van der Waals surface area contributed by atoms with E-state index in [0.29, 0.717) is 0 Å². The predicted molar refractivity (Wildman–Crippen MR) is 133 cm³/mol. The van der Waals surface area contributed by atoms with E-state index in [0.717, 1.165) is 18.5 Å². The van der Waals surface area contributed by atoms with E-state index >= 15 is 0 Å². The topological polar surface area (TPSA) is 26.0 Å². The van der Waals surface area contributed by atoms with Crippen LogP contribution in [0.5, 0.6) is 0 Å². The summed E-state index contributed by atoms with van der Waals surface area (Å²) in [6, 6.07) is 35.7. The molecule has 2 aliphatic rings. The third-order valence-electron chi connectivity index (χ3n) is 7.18. The Morgan fingerprint density at radius 3 is 1.74 bits per heavy atom. The van der Waals surface area contributed by atoms with Crippen molar-refractivity contribution in [1.82, 2.24) is 0 Å². The molecule has 0 aliphatic heterocycles. The summed E-state index contributed by atoms with van der Waals surface area (Å²) in [6.07, 6.45) is 4.62. The van der Waals surface area contributed by atoms with Crippen LogP contribution in [0.1, 0.15) is 35.1 Å². The first-order valence-electron chi connectivity index (χ1n) is 11.2. The van der Waals surface area contributed by atoms with Crippen LogP contribution in [0.3, 0.4) is 0 Å². The quantitative estimate of drug-likeness (QED) is 0.358. The highest BCUT2D eigenvalue weighted by Gasteiger charge is 2.47. The van der Waals surface area contributed by atoms with Gasteiger partial charge < -0.3 is 5.73 Å². The van der Waals surface area contributed by atoms with Crippen molar-refractivity contribution < 1.29 is 0 Å². The smallest absolute Gasteiger partial charge is 0.0358 e. The molecule has 0 bridgehead atoms. The third kappa shape index (κ3) is 2.87. The van der Waals surface area contributed by atoms with Gasteiger partial charge in [-0.05, 0) is 77.8 Å². The average Bonchev–Trinajstić information content (AvgIpc) is 3.39. The van der Waals surface area contributed by atoms with Gasteiger partial charge in [-0.15, -0.1) is 0 Å². The molecule has 6 rings (SSSR count). The molecule has 0 amide bonds. The van der Waals surface area contributed by atoms with E-state index in [1.807, 2.05) is 0 Å². The molecule has 0 aromatic heterocycles. The molecule has 1 nitrogen and oxygen atoms in total. The zero-order valence-corrected chi connectivity index (χ0v) is 18.5. The van der Waals surface area contributed by atoms with Crippen LogP contribution in [0.15, 0.2) is 97.1 Å². The lowest BCUT2D eigenvalue weighted by molar-refractivity contribution is 0.511. The lowest BCUT2D eigenvalue weighted by Gasteiger charge is -2.32. The number of anilines is 1. The van der Waals surface area contributed by atoms with Crippen LogP contribution in [0.25, 0.3) is 0 Å². The third-order valence-corrected chi connectivity index (χ3v) is 9.66. The van der Waals surface area contributed by atoms with E-state index < -0.39 is 7.92 Å². The lowest BCUT2D eigenvalue weighted by Crippen LogP contribution is -2.32. The Kier molecular flexibility index (Phi) is 4.47. The van der Waals surface area contributed by atoms with Crippen molar-refractivity contribution in [2.45, 2.75) is 31.1 Å². The standard InChI is InChI=1S/C29H26NP/c30-25-15-7-9-21-17-19-29(27(21)25)20-18-22-10-8-16-26(28(22)29)31(23-11-3-1-4-12-23)24-13-5-2-6-14-24/h1-16H,17-20,30H2/t29-/m0/s1. The fourth-order valence-corrected chi connectivity index (χ4v) is 8.58. The molecule has 1 spiro atoms. The van der Waals surface area contributed by atoms with E-state index in [1.165, 1.54) is 45.4 Å². The molecular formula is C29H26NP. The summed E-state index contributed by atoms with van der Waals surface area (Å²) in [4.78, 5) is 0. The van der Waals surface area contributed by atoms with E-state index in [1.54, 1.807) is 5.56 Å². The summed E-state index contributed by atoms with van der Waals surface area (Å²) < 4.78 is 0. The van der Waals surface area contributed by atoms with Crippen molar-refractivity contribution in [3.8, 4) is 0 Å². The maximum Gasteiger partial charge on any atom is 0.0358 e. The largest absolute Gasteiger partial charge is 0.398 e. The minimum absolute atomic E-state index is 0.0662. The molecule has 0 unspecified atom stereocenters. The molecule has 0 saturated carbocycles. The zero-order chi connectivity index (χ0) is 20.8. The van der Waals surface area contributed by atoms with E-state index in [9.17, 15) is 0 Å². The molecule has 4 aromatic carbocycles. The second kappa shape index (κ2) is 7.36. The van der Waals surface area contributed by atoms with Crippen molar-refractivity contribution in [3.63, 3.8) is 0 Å². The van der Waals surface area contributed by atoms with Gasteiger partial charge in [-0.2, -0.15) is 0 Å². The maximum atomic E-state index is 6.64. The fourth-order valence-electron chi connectivity index (χ4n) is 5.97. The van der Waals surface area contributed by atoms with Gasteiger partial charge in [-0.3, -0.25) is 0 Å². The van der Waals surface area contributed by atoms with E-state index in [4.69, 9.17) is 5.73 Å². The molecular weight excluding hydrogens is 393 g/mol. The summed E-state index contributed by atoms with van der Waals surface area (Å²) in [6.45, 7) is 0. The first-order chi connectivity index (χ1) is 15.3. The number of hydrogen-bond acceptors (Lipinski definition) is 1. The molecule has 0 fully saturated rings. The molecule has 0 saturated heterocycles. The van der Waals surface area contributed by atoms with Crippen molar-refractivity contribution in [2.24, 2.45) is 0 Å². The van der Waals surface area contributed by atoms with Gasteiger partial charge in [0.05, 0.1) is 0 Å². The van der Waals surface area contributed by atoms with Crippen molar-refractivity contribution in [3.05, 3.63) is 119 Å². The van der Waals surface area contributed by atoms with Crippen LogP contribution in [-0.4, -0.2) is 0 Å². The zero-order valence-electron chi connectivity index (χ0n) is 17.6. The first-order valence-corrected chi connectivity index (χ1v) is 12.5. The number of hydrogen-bond donors (Lipinski definition) is 1. The van der Waals surface area contributed by atoms with Gasteiger partial charge in [0.2, 0.25) is 0 Å².